The number of nitrogens with two attached hydrogens (primary N) is 1. The number of ether oxygens (including phenoxy) is 1. The summed E-state index contributed by atoms with van der Waals surface area (Å²) >= 11 is 0. The van der Waals surface area contributed by atoms with Gasteiger partial charge in [0.1, 0.15) is 0 Å². The Bertz CT molecular complexity index is 286. The third kappa shape index (κ3) is 4.18. The van der Waals surface area contributed by atoms with Gasteiger partial charge in [-0.2, -0.15) is 0 Å². The molecule has 0 bridgehead atoms. The summed E-state index contributed by atoms with van der Waals surface area (Å²) in [5.74, 6) is 0.340. The zero-order valence-corrected chi connectivity index (χ0v) is 13.1. The minimum absolute atomic E-state index is 0.100. The molecule has 0 saturated carbocycles. The Morgan fingerprint density at radius 2 is 1.84 bits per heavy atom. The predicted molar refractivity (Wildman–Crippen MR) is 77.8 cm³/mol. The van der Waals surface area contributed by atoms with E-state index in [4.69, 9.17) is 10.5 Å². The largest absolute Gasteiger partial charge is 0.376 e. The molecule has 0 aromatic carbocycles. The van der Waals surface area contributed by atoms with Crippen LogP contribution in [0.2, 0.25) is 0 Å². The van der Waals surface area contributed by atoms with Crippen molar-refractivity contribution < 1.29 is 9.53 Å². The van der Waals surface area contributed by atoms with Crippen LogP contribution in [-0.4, -0.2) is 41.6 Å². The minimum Gasteiger partial charge on any atom is -0.376 e. The van der Waals surface area contributed by atoms with Crippen LogP contribution in [-0.2, 0) is 9.53 Å². The lowest BCUT2D eigenvalue weighted by Crippen LogP contribution is -2.52. The summed E-state index contributed by atoms with van der Waals surface area (Å²) in [6.07, 6.45) is 3.13. The normalized spacial score (nSPS) is 30.7. The fourth-order valence-corrected chi connectivity index (χ4v) is 3.05. The molecule has 0 aromatic rings. The quantitative estimate of drug-likeness (QED) is 0.833. The van der Waals surface area contributed by atoms with E-state index >= 15 is 0 Å². The Morgan fingerprint density at radius 1 is 1.32 bits per heavy atom. The van der Waals surface area contributed by atoms with E-state index in [0.717, 1.165) is 25.8 Å². The van der Waals surface area contributed by atoms with Crippen LogP contribution in [0.4, 0.5) is 0 Å². The van der Waals surface area contributed by atoms with Crippen molar-refractivity contribution in [3.05, 3.63) is 0 Å². The molecular formula is C15H30N2O2. The first-order valence-electron chi connectivity index (χ1n) is 7.62. The Morgan fingerprint density at radius 3 is 2.26 bits per heavy atom. The van der Waals surface area contributed by atoms with Gasteiger partial charge in [-0.25, -0.2) is 0 Å². The maximum absolute atomic E-state index is 12.5. The molecule has 4 nitrogen and oxygen atoms in total. The number of amides is 1. The van der Waals surface area contributed by atoms with Gasteiger partial charge >= 0.3 is 0 Å². The lowest BCUT2D eigenvalue weighted by atomic mass is 9.86. The second-order valence-electron chi connectivity index (χ2n) is 5.90. The molecule has 1 aliphatic heterocycles. The molecule has 1 saturated heterocycles. The highest BCUT2D eigenvalue weighted by atomic mass is 16.5. The van der Waals surface area contributed by atoms with E-state index in [1.807, 2.05) is 11.8 Å². The van der Waals surface area contributed by atoms with Gasteiger partial charge in [0.15, 0.2) is 0 Å². The maximum atomic E-state index is 12.5. The second kappa shape index (κ2) is 7.25. The first kappa shape index (κ1) is 16.4. The third-order valence-electron chi connectivity index (χ3n) is 4.27. The van der Waals surface area contributed by atoms with Crippen molar-refractivity contribution in [3.63, 3.8) is 0 Å². The van der Waals surface area contributed by atoms with Crippen molar-refractivity contribution in [2.24, 2.45) is 11.7 Å². The summed E-state index contributed by atoms with van der Waals surface area (Å²) in [5.41, 5.74) is 6.24. The molecule has 4 unspecified atom stereocenters. The highest BCUT2D eigenvalue weighted by molar-refractivity contribution is 5.82. The second-order valence-corrected chi connectivity index (χ2v) is 5.90. The average Bonchev–Trinajstić information content (AvgIpc) is 2.37. The molecule has 0 aliphatic carbocycles. The molecule has 1 rings (SSSR count). The molecule has 2 N–H and O–H groups in total. The molecule has 1 heterocycles. The van der Waals surface area contributed by atoms with Crippen LogP contribution in [0.3, 0.4) is 0 Å². The highest BCUT2D eigenvalue weighted by Crippen LogP contribution is 2.27. The molecule has 4 atom stereocenters. The van der Waals surface area contributed by atoms with Crippen LogP contribution in [0.5, 0.6) is 0 Å². The van der Waals surface area contributed by atoms with Gasteiger partial charge < -0.3 is 15.4 Å². The molecule has 0 aromatic heterocycles. The zero-order chi connectivity index (χ0) is 14.6. The maximum Gasteiger partial charge on any atom is 0.240 e. The van der Waals surface area contributed by atoms with E-state index in [-0.39, 0.29) is 36.1 Å². The lowest BCUT2D eigenvalue weighted by molar-refractivity contribution is -0.138. The molecule has 0 radical (unpaired) electrons. The molecule has 19 heavy (non-hydrogen) atoms. The summed E-state index contributed by atoms with van der Waals surface area (Å²) in [6, 6.07) is -0.124. The molecule has 1 aliphatic rings. The Balaban J connectivity index is 2.69. The van der Waals surface area contributed by atoms with E-state index in [2.05, 4.69) is 27.7 Å². The van der Waals surface area contributed by atoms with E-state index < -0.39 is 0 Å². The summed E-state index contributed by atoms with van der Waals surface area (Å²) in [6.45, 7) is 11.1. The Kier molecular flexibility index (Phi) is 6.27. The van der Waals surface area contributed by atoms with Crippen LogP contribution in [0.15, 0.2) is 0 Å². The van der Waals surface area contributed by atoms with E-state index in [1.54, 1.807) is 0 Å². The summed E-state index contributed by atoms with van der Waals surface area (Å²) in [4.78, 5) is 14.5. The van der Waals surface area contributed by atoms with Gasteiger partial charge in [0, 0.05) is 12.6 Å². The van der Waals surface area contributed by atoms with Crippen LogP contribution >= 0.6 is 0 Å². The van der Waals surface area contributed by atoms with Crippen molar-refractivity contribution in [1.82, 2.24) is 4.90 Å². The van der Waals surface area contributed by atoms with Gasteiger partial charge in [-0.3, -0.25) is 4.79 Å². The van der Waals surface area contributed by atoms with Gasteiger partial charge in [0.05, 0.1) is 18.2 Å². The SMILES string of the molecule is CCC(C)N(CC)C(=O)C(N)C1CC(C)OC(C)C1. The topological polar surface area (TPSA) is 55.6 Å². The van der Waals surface area contributed by atoms with Crippen molar-refractivity contribution in [3.8, 4) is 0 Å². The molecule has 112 valence electrons. The first-order valence-corrected chi connectivity index (χ1v) is 7.62. The smallest absolute Gasteiger partial charge is 0.240 e. The van der Waals surface area contributed by atoms with Crippen LogP contribution in [0.25, 0.3) is 0 Å². The summed E-state index contributed by atoms with van der Waals surface area (Å²) in [5, 5.41) is 0. The van der Waals surface area contributed by atoms with Crippen molar-refractivity contribution in [2.45, 2.75) is 78.2 Å². The van der Waals surface area contributed by atoms with Gasteiger partial charge in [0.25, 0.3) is 0 Å². The van der Waals surface area contributed by atoms with Crippen LogP contribution in [0.1, 0.15) is 53.9 Å². The molecule has 4 heteroatoms. The highest BCUT2D eigenvalue weighted by Gasteiger charge is 2.34. The standard InChI is InChI=1S/C15H30N2O2/c1-6-10(3)17(7-2)15(18)14(16)13-8-11(4)19-12(5)9-13/h10-14H,6-9,16H2,1-5H3. The molecule has 0 spiro atoms. The third-order valence-corrected chi connectivity index (χ3v) is 4.27. The minimum atomic E-state index is -0.386. The monoisotopic (exact) mass is 270 g/mol. The van der Waals surface area contributed by atoms with Crippen molar-refractivity contribution in [2.75, 3.05) is 6.54 Å². The number of hydrogen-bond donors (Lipinski definition) is 1. The van der Waals surface area contributed by atoms with Gasteiger partial charge in [0.2, 0.25) is 5.91 Å². The van der Waals surface area contributed by atoms with Gasteiger partial charge in [-0.1, -0.05) is 6.92 Å². The fraction of sp³-hybridized carbons (Fsp3) is 0.933. The van der Waals surface area contributed by atoms with Crippen LogP contribution < -0.4 is 5.73 Å². The number of carbonyl (C=O) groups excluding carboxylic acids is 1. The summed E-state index contributed by atoms with van der Waals surface area (Å²) in [7, 11) is 0. The Hall–Kier alpha value is -0.610. The lowest BCUT2D eigenvalue weighted by Gasteiger charge is -2.37. The first-order chi connectivity index (χ1) is 8.90. The number of likely N-dealkylation sites (N-methyl/N-ethyl adjacent to an activating group) is 1. The Labute approximate surface area is 117 Å². The van der Waals surface area contributed by atoms with Gasteiger partial charge in [-0.05, 0) is 52.9 Å². The number of nitrogens with zero attached hydrogens (tertiary/aromatic N) is 1. The molecule has 1 amide bonds. The van der Waals surface area contributed by atoms with E-state index in [0.29, 0.717) is 0 Å². The van der Waals surface area contributed by atoms with Gasteiger partial charge in [-0.15, -0.1) is 0 Å². The van der Waals surface area contributed by atoms with Crippen LogP contribution in [0, 0.1) is 5.92 Å². The van der Waals surface area contributed by atoms with Crippen molar-refractivity contribution >= 4 is 5.91 Å². The van der Waals surface area contributed by atoms with Crippen molar-refractivity contribution in [1.29, 1.82) is 0 Å². The number of rotatable bonds is 5. The fourth-order valence-electron chi connectivity index (χ4n) is 3.05. The molecule has 1 fully saturated rings. The van der Waals surface area contributed by atoms with E-state index in [1.165, 1.54) is 0 Å². The predicted octanol–water partition coefficient (Wildman–Crippen LogP) is 2.16. The van der Waals surface area contributed by atoms with E-state index in [9.17, 15) is 4.79 Å². The number of carbonyl (C=O) groups is 1. The summed E-state index contributed by atoms with van der Waals surface area (Å²) < 4.78 is 5.72. The number of hydrogen-bond acceptors (Lipinski definition) is 3. The zero-order valence-electron chi connectivity index (χ0n) is 13.1. The molecular weight excluding hydrogens is 240 g/mol. The average molecular weight is 270 g/mol.